The van der Waals surface area contributed by atoms with Crippen molar-refractivity contribution in [1.29, 1.82) is 0 Å². The fourth-order valence-electron chi connectivity index (χ4n) is 3.64. The second kappa shape index (κ2) is 12.2. The summed E-state index contributed by atoms with van der Waals surface area (Å²) in [5, 5.41) is 20.5. The van der Waals surface area contributed by atoms with E-state index in [2.05, 4.69) is 0 Å². The van der Waals surface area contributed by atoms with Crippen LogP contribution >= 0.6 is 12.4 Å². The third-order valence-electron chi connectivity index (χ3n) is 5.30. The van der Waals surface area contributed by atoms with E-state index in [-0.39, 0.29) is 31.5 Å². The molecule has 2 rings (SSSR count). The summed E-state index contributed by atoms with van der Waals surface area (Å²) < 4.78 is 15.9. The quantitative estimate of drug-likeness (QED) is 0.473. The monoisotopic (exact) mass is 432 g/mol. The highest BCUT2D eigenvalue weighted by Crippen LogP contribution is 2.36. The first-order valence-corrected chi connectivity index (χ1v) is 9.59. The van der Waals surface area contributed by atoms with Gasteiger partial charge in [-0.25, -0.2) is 0 Å². The van der Waals surface area contributed by atoms with Crippen molar-refractivity contribution < 1.29 is 29.2 Å². The Morgan fingerprint density at radius 1 is 1.31 bits per heavy atom. The van der Waals surface area contributed by atoms with Crippen molar-refractivity contribution >= 4 is 18.3 Å². The molecular formula is C20H33ClN2O6. The Balaban J connectivity index is 0.00000420. The molecule has 1 heterocycles. The summed E-state index contributed by atoms with van der Waals surface area (Å²) in [4.78, 5) is 14.8. The number of likely N-dealkylation sites (tertiary alicyclic amines) is 1. The maximum Gasteiger partial charge on any atom is 0.254 e. The van der Waals surface area contributed by atoms with Crippen molar-refractivity contribution in [2.24, 2.45) is 11.1 Å². The van der Waals surface area contributed by atoms with Crippen LogP contribution in [0.2, 0.25) is 0 Å². The fourth-order valence-corrected chi connectivity index (χ4v) is 3.64. The van der Waals surface area contributed by atoms with Gasteiger partial charge in [-0.1, -0.05) is 0 Å². The van der Waals surface area contributed by atoms with E-state index >= 15 is 0 Å². The molecule has 29 heavy (non-hydrogen) atoms. The lowest BCUT2D eigenvalue weighted by atomic mass is 9.74. The number of rotatable bonds is 10. The number of hydrogen-bond donors (Lipinski definition) is 3. The van der Waals surface area contributed by atoms with Gasteiger partial charge in [0.15, 0.2) is 11.5 Å². The maximum atomic E-state index is 13.1. The smallest absolute Gasteiger partial charge is 0.254 e. The van der Waals surface area contributed by atoms with Gasteiger partial charge in [0, 0.05) is 44.3 Å². The van der Waals surface area contributed by atoms with Gasteiger partial charge in [0.1, 0.15) is 6.61 Å². The maximum absolute atomic E-state index is 13.1. The van der Waals surface area contributed by atoms with Crippen LogP contribution in [0.5, 0.6) is 11.5 Å². The molecule has 1 fully saturated rings. The van der Waals surface area contributed by atoms with E-state index in [4.69, 9.17) is 19.9 Å². The SMILES string of the molecule is COCCC[C@@]1(CO)CN(C(=O)c2ccc(OC)c(OCCN)c2)CC[C@H]1O.Cl. The molecule has 0 aliphatic carbocycles. The number of hydrogen-bond acceptors (Lipinski definition) is 7. The summed E-state index contributed by atoms with van der Waals surface area (Å²) in [6, 6.07) is 5.02. The van der Waals surface area contributed by atoms with Gasteiger partial charge in [-0.3, -0.25) is 4.79 Å². The lowest BCUT2D eigenvalue weighted by Crippen LogP contribution is -2.55. The first-order valence-electron chi connectivity index (χ1n) is 9.59. The van der Waals surface area contributed by atoms with E-state index in [0.29, 0.717) is 62.6 Å². The Morgan fingerprint density at radius 2 is 2.07 bits per heavy atom. The molecule has 8 nitrogen and oxygen atoms in total. The first-order chi connectivity index (χ1) is 13.5. The number of aliphatic hydroxyl groups is 2. The van der Waals surface area contributed by atoms with E-state index in [9.17, 15) is 15.0 Å². The number of nitrogens with zero attached hydrogens (tertiary/aromatic N) is 1. The highest BCUT2D eigenvalue weighted by atomic mass is 35.5. The van der Waals surface area contributed by atoms with Crippen LogP contribution in [0.15, 0.2) is 18.2 Å². The molecule has 1 amide bonds. The van der Waals surface area contributed by atoms with E-state index < -0.39 is 11.5 Å². The molecule has 9 heteroatoms. The van der Waals surface area contributed by atoms with E-state index in [0.717, 1.165) is 0 Å². The number of nitrogens with two attached hydrogens (primary N) is 1. The van der Waals surface area contributed by atoms with Crippen LogP contribution in [0.1, 0.15) is 29.6 Å². The topological polar surface area (TPSA) is 114 Å². The molecule has 1 aromatic rings. The number of amides is 1. The molecule has 1 saturated heterocycles. The molecule has 1 aliphatic rings. The van der Waals surface area contributed by atoms with Crippen LogP contribution in [-0.2, 0) is 4.74 Å². The van der Waals surface area contributed by atoms with Crippen LogP contribution in [0.4, 0.5) is 0 Å². The minimum atomic E-state index is -0.738. The minimum absolute atomic E-state index is 0. The molecule has 1 aliphatic heterocycles. The Labute approximate surface area is 178 Å². The minimum Gasteiger partial charge on any atom is -0.493 e. The van der Waals surface area contributed by atoms with E-state index in [1.165, 1.54) is 7.11 Å². The number of halogens is 1. The predicted octanol–water partition coefficient (Wildman–Crippen LogP) is 1.07. The van der Waals surface area contributed by atoms with Gasteiger partial charge in [0.2, 0.25) is 0 Å². The average molecular weight is 433 g/mol. The Kier molecular flexibility index (Phi) is 10.7. The average Bonchev–Trinajstić information content (AvgIpc) is 2.73. The second-order valence-electron chi connectivity index (χ2n) is 7.15. The molecule has 0 bridgehead atoms. The van der Waals surface area contributed by atoms with Crippen molar-refractivity contribution in [3.05, 3.63) is 23.8 Å². The number of carbonyl (C=O) groups is 1. The molecule has 1 aromatic carbocycles. The highest BCUT2D eigenvalue weighted by molar-refractivity contribution is 5.95. The summed E-state index contributed by atoms with van der Waals surface area (Å²) in [5.74, 6) is 0.824. The van der Waals surface area contributed by atoms with Crippen molar-refractivity contribution in [1.82, 2.24) is 4.90 Å². The highest BCUT2D eigenvalue weighted by Gasteiger charge is 2.43. The van der Waals surface area contributed by atoms with Crippen LogP contribution in [0.25, 0.3) is 0 Å². The van der Waals surface area contributed by atoms with Crippen LogP contribution < -0.4 is 15.2 Å². The number of ether oxygens (including phenoxy) is 3. The lowest BCUT2D eigenvalue weighted by Gasteiger charge is -2.45. The number of methoxy groups -OCH3 is 2. The largest absolute Gasteiger partial charge is 0.493 e. The molecule has 2 atom stereocenters. The third-order valence-corrected chi connectivity index (χ3v) is 5.30. The van der Waals surface area contributed by atoms with E-state index in [1.54, 1.807) is 30.2 Å². The first kappa shape index (κ1) is 25.5. The zero-order valence-electron chi connectivity index (χ0n) is 17.1. The van der Waals surface area contributed by atoms with E-state index in [1.807, 2.05) is 0 Å². The van der Waals surface area contributed by atoms with Crippen LogP contribution in [-0.4, -0.2) is 80.8 Å². The van der Waals surface area contributed by atoms with Crippen LogP contribution in [0.3, 0.4) is 0 Å². The zero-order chi connectivity index (χ0) is 20.6. The molecule has 0 unspecified atom stereocenters. The summed E-state index contributed by atoms with van der Waals surface area (Å²) in [5.41, 5.74) is 5.22. The summed E-state index contributed by atoms with van der Waals surface area (Å²) in [6.07, 6.45) is 1.05. The molecule has 166 valence electrons. The molecular weight excluding hydrogens is 400 g/mol. The third kappa shape index (κ3) is 6.20. The standard InChI is InChI=1S/C20H32N2O6.ClH/c1-26-10-3-7-20(14-23)13-22(9-6-18(20)24)19(25)15-4-5-16(27-2)17(12-15)28-11-8-21;/h4-5,12,18,23-24H,3,6-11,13-14,21H2,1-2H3;1H/t18-,20+;/m1./s1. The van der Waals surface area contributed by atoms with Crippen LogP contribution in [0, 0.1) is 5.41 Å². The molecule has 4 N–H and O–H groups in total. The van der Waals surface area contributed by atoms with Gasteiger partial charge >= 0.3 is 0 Å². The Hall–Kier alpha value is -1.58. The number of piperidine rings is 1. The normalized spacial score (nSPS) is 21.4. The molecule has 0 radical (unpaired) electrons. The Bertz CT molecular complexity index is 647. The number of benzene rings is 1. The van der Waals surface area contributed by atoms with Gasteiger partial charge in [0.05, 0.1) is 19.8 Å². The zero-order valence-corrected chi connectivity index (χ0v) is 18.0. The van der Waals surface area contributed by atoms with Crippen molar-refractivity contribution in [2.75, 3.05) is 53.7 Å². The van der Waals surface area contributed by atoms with Gasteiger partial charge in [-0.05, 0) is 37.5 Å². The second-order valence-corrected chi connectivity index (χ2v) is 7.15. The van der Waals surface area contributed by atoms with Gasteiger partial charge < -0.3 is 35.1 Å². The van der Waals surface area contributed by atoms with Crippen molar-refractivity contribution in [3.8, 4) is 11.5 Å². The molecule has 0 aromatic heterocycles. The van der Waals surface area contributed by atoms with Crippen molar-refractivity contribution in [3.63, 3.8) is 0 Å². The number of aliphatic hydroxyl groups excluding tert-OH is 2. The summed E-state index contributed by atoms with van der Waals surface area (Å²) in [7, 11) is 3.15. The van der Waals surface area contributed by atoms with Gasteiger partial charge in [-0.2, -0.15) is 0 Å². The molecule has 0 spiro atoms. The predicted molar refractivity (Wildman–Crippen MR) is 112 cm³/mol. The summed E-state index contributed by atoms with van der Waals surface area (Å²) in [6.45, 7) is 1.75. The van der Waals surface area contributed by atoms with Gasteiger partial charge in [-0.15, -0.1) is 12.4 Å². The Morgan fingerprint density at radius 3 is 2.69 bits per heavy atom. The van der Waals surface area contributed by atoms with Crippen molar-refractivity contribution in [2.45, 2.75) is 25.4 Å². The summed E-state index contributed by atoms with van der Waals surface area (Å²) >= 11 is 0. The van der Waals surface area contributed by atoms with Gasteiger partial charge in [0.25, 0.3) is 5.91 Å². The lowest BCUT2D eigenvalue weighted by molar-refractivity contribution is -0.0745. The number of carbonyl (C=O) groups excluding carboxylic acids is 1. The molecule has 0 saturated carbocycles. The fraction of sp³-hybridized carbons (Fsp3) is 0.650.